The van der Waals surface area contributed by atoms with Crippen molar-refractivity contribution in [3.05, 3.63) is 30.1 Å². The molecule has 1 fully saturated rings. The third kappa shape index (κ3) is 3.60. The number of aliphatic carboxylic acids is 1. The minimum Gasteiger partial charge on any atom is -0.481 e. The van der Waals surface area contributed by atoms with Crippen molar-refractivity contribution >= 4 is 11.9 Å². The van der Waals surface area contributed by atoms with Gasteiger partial charge in [-0.15, -0.1) is 0 Å². The van der Waals surface area contributed by atoms with Crippen LogP contribution in [0.15, 0.2) is 24.5 Å². The molecule has 0 bridgehead atoms. The minimum atomic E-state index is -0.861. The predicted molar refractivity (Wildman–Crippen MR) is 78.4 cm³/mol. The molecule has 2 N–H and O–H groups in total. The van der Waals surface area contributed by atoms with Gasteiger partial charge < -0.3 is 10.4 Å². The van der Waals surface area contributed by atoms with E-state index in [9.17, 15) is 14.7 Å². The molecule has 5 nitrogen and oxygen atoms in total. The molecule has 114 valence electrons. The molecule has 5 heteroatoms. The Morgan fingerprint density at radius 1 is 1.43 bits per heavy atom. The molecule has 0 aromatic carbocycles. The molecule has 1 aliphatic rings. The van der Waals surface area contributed by atoms with Crippen molar-refractivity contribution in [2.45, 2.75) is 39.2 Å². The summed E-state index contributed by atoms with van der Waals surface area (Å²) in [4.78, 5) is 27.8. The number of amides is 1. The fourth-order valence-electron chi connectivity index (χ4n) is 3.07. The second kappa shape index (κ2) is 6.70. The second-order valence-electron chi connectivity index (χ2n) is 5.81. The van der Waals surface area contributed by atoms with E-state index in [0.29, 0.717) is 18.8 Å². The predicted octanol–water partition coefficient (Wildman–Crippen LogP) is 2.40. The molecule has 0 radical (unpaired) electrons. The Bertz CT molecular complexity index is 504. The van der Waals surface area contributed by atoms with Gasteiger partial charge in [-0.25, -0.2) is 0 Å². The van der Waals surface area contributed by atoms with Crippen molar-refractivity contribution in [3.8, 4) is 0 Å². The Morgan fingerprint density at radius 2 is 2.14 bits per heavy atom. The van der Waals surface area contributed by atoms with Crippen molar-refractivity contribution in [2.75, 3.05) is 0 Å². The van der Waals surface area contributed by atoms with Gasteiger partial charge in [0.1, 0.15) is 0 Å². The minimum absolute atomic E-state index is 0.158. The normalized spacial score (nSPS) is 26.3. The monoisotopic (exact) mass is 290 g/mol. The maximum Gasteiger partial charge on any atom is 0.307 e. The van der Waals surface area contributed by atoms with Gasteiger partial charge in [-0.2, -0.15) is 0 Å². The molecule has 4 unspecified atom stereocenters. The maximum atomic E-state index is 12.4. The third-order valence-corrected chi connectivity index (χ3v) is 4.43. The quantitative estimate of drug-likeness (QED) is 0.872. The van der Waals surface area contributed by atoms with Gasteiger partial charge in [-0.1, -0.05) is 19.4 Å². The Kier molecular flexibility index (Phi) is 4.94. The summed E-state index contributed by atoms with van der Waals surface area (Å²) in [5.41, 5.74) is 0.919. The summed E-state index contributed by atoms with van der Waals surface area (Å²) < 4.78 is 0. The molecule has 1 saturated carbocycles. The molecule has 1 aromatic rings. The van der Waals surface area contributed by atoms with Crippen LogP contribution in [0.3, 0.4) is 0 Å². The van der Waals surface area contributed by atoms with Crippen LogP contribution in [0.2, 0.25) is 0 Å². The van der Waals surface area contributed by atoms with Gasteiger partial charge in [-0.3, -0.25) is 14.6 Å². The van der Waals surface area contributed by atoms with Gasteiger partial charge in [0, 0.05) is 12.4 Å². The van der Waals surface area contributed by atoms with Crippen LogP contribution in [0.25, 0.3) is 0 Å². The van der Waals surface area contributed by atoms with Crippen LogP contribution in [0, 0.1) is 17.8 Å². The van der Waals surface area contributed by atoms with Gasteiger partial charge in [0.15, 0.2) is 0 Å². The van der Waals surface area contributed by atoms with Gasteiger partial charge in [0.2, 0.25) is 5.91 Å². The first kappa shape index (κ1) is 15.5. The van der Waals surface area contributed by atoms with E-state index >= 15 is 0 Å². The van der Waals surface area contributed by atoms with E-state index in [-0.39, 0.29) is 11.9 Å². The highest BCUT2D eigenvalue weighted by atomic mass is 16.4. The summed E-state index contributed by atoms with van der Waals surface area (Å²) in [5, 5.41) is 12.2. The standard InChI is InChI=1S/C16H22N2O3/c1-3-11-7-13(14(8-11)16(20)21)15(19)18-10(2)12-5-4-6-17-9-12/h4-6,9-11,13-14H,3,7-8H2,1-2H3,(H,18,19)(H,20,21). The number of rotatable bonds is 5. The average molecular weight is 290 g/mol. The molecule has 0 saturated heterocycles. The fourth-order valence-corrected chi connectivity index (χ4v) is 3.07. The van der Waals surface area contributed by atoms with Crippen LogP contribution in [-0.4, -0.2) is 22.0 Å². The molecule has 4 atom stereocenters. The number of nitrogens with one attached hydrogen (secondary N) is 1. The zero-order valence-electron chi connectivity index (χ0n) is 12.5. The molecule has 0 aliphatic heterocycles. The maximum absolute atomic E-state index is 12.4. The number of nitrogens with zero attached hydrogens (tertiary/aromatic N) is 1. The van der Waals surface area contributed by atoms with Crippen molar-refractivity contribution in [2.24, 2.45) is 17.8 Å². The largest absolute Gasteiger partial charge is 0.481 e. The lowest BCUT2D eigenvalue weighted by molar-refractivity contribution is -0.146. The van der Waals surface area contributed by atoms with E-state index in [0.717, 1.165) is 12.0 Å². The smallest absolute Gasteiger partial charge is 0.307 e. The summed E-state index contributed by atoms with van der Waals surface area (Å²) in [6.45, 7) is 3.93. The van der Waals surface area contributed by atoms with Crippen molar-refractivity contribution in [1.29, 1.82) is 0 Å². The van der Waals surface area contributed by atoms with Crippen LogP contribution in [0.4, 0.5) is 0 Å². The molecule has 2 rings (SSSR count). The Hall–Kier alpha value is -1.91. The summed E-state index contributed by atoms with van der Waals surface area (Å²) in [6, 6.07) is 3.55. The molecule has 1 amide bonds. The number of carbonyl (C=O) groups is 2. The number of carboxylic acid groups (broad SMARTS) is 1. The first-order valence-electron chi connectivity index (χ1n) is 7.46. The molecule has 1 aliphatic carbocycles. The Balaban J connectivity index is 2.03. The first-order chi connectivity index (χ1) is 10.0. The van der Waals surface area contributed by atoms with Crippen molar-refractivity contribution in [1.82, 2.24) is 10.3 Å². The van der Waals surface area contributed by atoms with Gasteiger partial charge in [0.05, 0.1) is 17.9 Å². The van der Waals surface area contributed by atoms with Crippen LogP contribution in [0.5, 0.6) is 0 Å². The van der Waals surface area contributed by atoms with E-state index < -0.39 is 17.8 Å². The molecule has 21 heavy (non-hydrogen) atoms. The average Bonchev–Trinajstić information content (AvgIpc) is 2.92. The summed E-state index contributed by atoms with van der Waals surface area (Å²) in [5.74, 6) is -1.67. The van der Waals surface area contributed by atoms with Crippen LogP contribution in [-0.2, 0) is 9.59 Å². The van der Waals surface area contributed by atoms with E-state index in [1.807, 2.05) is 26.0 Å². The number of hydrogen-bond acceptors (Lipinski definition) is 3. The molecule has 1 aromatic heterocycles. The highest BCUT2D eigenvalue weighted by molar-refractivity contribution is 5.85. The van der Waals surface area contributed by atoms with Crippen LogP contribution in [0.1, 0.15) is 44.7 Å². The van der Waals surface area contributed by atoms with Crippen LogP contribution >= 0.6 is 0 Å². The molecular formula is C16H22N2O3. The number of pyridine rings is 1. The summed E-state index contributed by atoms with van der Waals surface area (Å²) in [6.07, 6.45) is 5.58. The lowest BCUT2D eigenvalue weighted by Crippen LogP contribution is -2.36. The highest BCUT2D eigenvalue weighted by Gasteiger charge is 2.42. The zero-order valence-corrected chi connectivity index (χ0v) is 12.5. The SMILES string of the molecule is CCC1CC(C(=O)O)C(C(=O)NC(C)c2cccnc2)C1. The molecule has 1 heterocycles. The highest BCUT2D eigenvalue weighted by Crippen LogP contribution is 2.38. The molecule has 0 spiro atoms. The lowest BCUT2D eigenvalue weighted by Gasteiger charge is -2.19. The number of carbonyl (C=O) groups excluding carboxylic acids is 1. The van der Waals surface area contributed by atoms with E-state index in [1.165, 1.54) is 0 Å². The summed E-state index contributed by atoms with van der Waals surface area (Å²) >= 11 is 0. The van der Waals surface area contributed by atoms with Gasteiger partial charge in [-0.05, 0) is 37.3 Å². The van der Waals surface area contributed by atoms with Crippen molar-refractivity contribution in [3.63, 3.8) is 0 Å². The Labute approximate surface area is 124 Å². The number of aromatic nitrogens is 1. The van der Waals surface area contributed by atoms with E-state index in [4.69, 9.17) is 0 Å². The lowest BCUT2D eigenvalue weighted by atomic mass is 9.95. The van der Waals surface area contributed by atoms with E-state index in [1.54, 1.807) is 12.4 Å². The number of hydrogen-bond donors (Lipinski definition) is 2. The van der Waals surface area contributed by atoms with E-state index in [2.05, 4.69) is 10.3 Å². The Morgan fingerprint density at radius 3 is 2.71 bits per heavy atom. The van der Waals surface area contributed by atoms with Crippen LogP contribution < -0.4 is 5.32 Å². The summed E-state index contributed by atoms with van der Waals surface area (Å²) in [7, 11) is 0. The molecular weight excluding hydrogens is 268 g/mol. The van der Waals surface area contributed by atoms with Gasteiger partial charge >= 0.3 is 5.97 Å². The zero-order chi connectivity index (χ0) is 15.4. The third-order valence-electron chi connectivity index (χ3n) is 4.43. The number of carboxylic acids is 1. The second-order valence-corrected chi connectivity index (χ2v) is 5.81. The topological polar surface area (TPSA) is 79.3 Å². The van der Waals surface area contributed by atoms with Gasteiger partial charge in [0.25, 0.3) is 0 Å². The fraction of sp³-hybridized carbons (Fsp3) is 0.562. The van der Waals surface area contributed by atoms with Crippen molar-refractivity contribution < 1.29 is 14.7 Å². The first-order valence-corrected chi connectivity index (χ1v) is 7.46.